The van der Waals surface area contributed by atoms with Crippen molar-refractivity contribution in [2.24, 2.45) is 0 Å². The van der Waals surface area contributed by atoms with Gasteiger partial charge in [-0.2, -0.15) is 5.10 Å². The standard InChI is InChI=1S/C18H23N3O2/c1-13-12-14(2)21(20-13)11-5-10-19-18(22)17-9-8-15-6-3-4-7-16(15)23-17/h3-4,6-7,12,17H,5,8-11H2,1-2H3,(H,19,22)/t17-/m0/s1. The van der Waals surface area contributed by atoms with Crippen LogP contribution in [0.1, 0.15) is 29.8 Å². The monoisotopic (exact) mass is 313 g/mol. The van der Waals surface area contributed by atoms with Crippen LogP contribution in [-0.4, -0.2) is 28.3 Å². The van der Waals surface area contributed by atoms with E-state index in [1.807, 2.05) is 36.7 Å². The van der Waals surface area contributed by atoms with Crippen LogP contribution in [0, 0.1) is 13.8 Å². The van der Waals surface area contributed by atoms with Gasteiger partial charge in [0, 0.05) is 18.8 Å². The van der Waals surface area contributed by atoms with Gasteiger partial charge in [-0.05, 0) is 50.8 Å². The van der Waals surface area contributed by atoms with Gasteiger partial charge >= 0.3 is 0 Å². The molecule has 23 heavy (non-hydrogen) atoms. The van der Waals surface area contributed by atoms with E-state index in [0.29, 0.717) is 6.54 Å². The lowest BCUT2D eigenvalue weighted by Crippen LogP contribution is -2.40. The highest BCUT2D eigenvalue weighted by molar-refractivity contribution is 5.81. The fourth-order valence-corrected chi connectivity index (χ4v) is 2.96. The number of hydrogen-bond acceptors (Lipinski definition) is 3. The molecular formula is C18H23N3O2. The first-order chi connectivity index (χ1) is 11.1. The number of aryl methyl sites for hydroxylation is 4. The molecule has 122 valence electrons. The van der Waals surface area contributed by atoms with Gasteiger partial charge in [0.2, 0.25) is 0 Å². The fourth-order valence-electron chi connectivity index (χ4n) is 2.96. The highest BCUT2D eigenvalue weighted by atomic mass is 16.5. The quantitative estimate of drug-likeness (QED) is 0.862. The minimum Gasteiger partial charge on any atom is -0.480 e. The van der Waals surface area contributed by atoms with Crippen molar-refractivity contribution in [3.63, 3.8) is 0 Å². The predicted molar refractivity (Wildman–Crippen MR) is 88.5 cm³/mol. The van der Waals surface area contributed by atoms with E-state index in [4.69, 9.17) is 4.74 Å². The zero-order valence-corrected chi connectivity index (χ0v) is 13.7. The average molecular weight is 313 g/mol. The Morgan fingerprint density at radius 2 is 2.22 bits per heavy atom. The highest BCUT2D eigenvalue weighted by Gasteiger charge is 2.25. The molecular weight excluding hydrogens is 290 g/mol. The van der Waals surface area contributed by atoms with E-state index in [0.717, 1.165) is 42.9 Å². The third-order valence-corrected chi connectivity index (χ3v) is 4.16. The molecule has 0 saturated carbocycles. The van der Waals surface area contributed by atoms with Gasteiger partial charge in [-0.1, -0.05) is 18.2 Å². The summed E-state index contributed by atoms with van der Waals surface area (Å²) in [6, 6.07) is 9.98. The van der Waals surface area contributed by atoms with Crippen molar-refractivity contribution < 1.29 is 9.53 Å². The molecule has 0 aliphatic carbocycles. The molecule has 2 aromatic rings. The fraction of sp³-hybridized carbons (Fsp3) is 0.444. The molecule has 3 rings (SSSR count). The number of ether oxygens (including phenoxy) is 1. The molecule has 0 unspecified atom stereocenters. The van der Waals surface area contributed by atoms with Gasteiger partial charge < -0.3 is 10.1 Å². The molecule has 0 radical (unpaired) electrons. The van der Waals surface area contributed by atoms with Crippen molar-refractivity contribution in [2.45, 2.75) is 45.8 Å². The number of benzene rings is 1. The number of hydrogen-bond donors (Lipinski definition) is 1. The molecule has 0 saturated heterocycles. The maximum Gasteiger partial charge on any atom is 0.261 e. The van der Waals surface area contributed by atoms with E-state index < -0.39 is 0 Å². The Hall–Kier alpha value is -2.30. The topological polar surface area (TPSA) is 56.2 Å². The van der Waals surface area contributed by atoms with Crippen LogP contribution in [0.15, 0.2) is 30.3 Å². The Morgan fingerprint density at radius 3 is 3.00 bits per heavy atom. The Balaban J connectivity index is 1.44. The summed E-state index contributed by atoms with van der Waals surface area (Å²) in [6.45, 7) is 5.49. The molecule has 5 heteroatoms. The van der Waals surface area contributed by atoms with Gasteiger partial charge in [-0.3, -0.25) is 9.48 Å². The van der Waals surface area contributed by atoms with E-state index in [1.165, 1.54) is 5.56 Å². The molecule has 1 N–H and O–H groups in total. The summed E-state index contributed by atoms with van der Waals surface area (Å²) in [6.07, 6.45) is 2.11. The lowest BCUT2D eigenvalue weighted by molar-refractivity contribution is -0.128. The highest BCUT2D eigenvalue weighted by Crippen LogP contribution is 2.26. The van der Waals surface area contributed by atoms with Gasteiger partial charge in [0.1, 0.15) is 5.75 Å². The molecule has 1 aliphatic heterocycles. The number of fused-ring (bicyclic) bond motifs is 1. The second-order valence-electron chi connectivity index (χ2n) is 6.05. The number of nitrogens with zero attached hydrogens (tertiary/aromatic N) is 2. The number of para-hydroxylation sites is 1. The number of nitrogens with one attached hydrogen (secondary N) is 1. The first-order valence-corrected chi connectivity index (χ1v) is 8.17. The van der Waals surface area contributed by atoms with E-state index in [1.54, 1.807) is 0 Å². The van der Waals surface area contributed by atoms with Crippen LogP contribution in [0.2, 0.25) is 0 Å². The van der Waals surface area contributed by atoms with E-state index in [2.05, 4.69) is 22.5 Å². The predicted octanol–water partition coefficient (Wildman–Crippen LogP) is 2.40. The lowest BCUT2D eigenvalue weighted by atomic mass is 10.0. The van der Waals surface area contributed by atoms with Crippen LogP contribution in [-0.2, 0) is 17.8 Å². The van der Waals surface area contributed by atoms with Crippen molar-refractivity contribution in [2.75, 3.05) is 6.54 Å². The summed E-state index contributed by atoms with van der Waals surface area (Å²) in [5.74, 6) is 0.814. The van der Waals surface area contributed by atoms with Gasteiger partial charge in [-0.15, -0.1) is 0 Å². The smallest absolute Gasteiger partial charge is 0.261 e. The zero-order valence-electron chi connectivity index (χ0n) is 13.7. The molecule has 0 spiro atoms. The third-order valence-electron chi connectivity index (χ3n) is 4.16. The second-order valence-corrected chi connectivity index (χ2v) is 6.05. The molecule has 1 aromatic carbocycles. The lowest BCUT2D eigenvalue weighted by Gasteiger charge is -2.25. The van der Waals surface area contributed by atoms with Crippen molar-refractivity contribution in [3.8, 4) is 5.75 Å². The van der Waals surface area contributed by atoms with Crippen LogP contribution in [0.3, 0.4) is 0 Å². The van der Waals surface area contributed by atoms with Gasteiger partial charge in [-0.25, -0.2) is 0 Å². The minimum atomic E-state index is -0.376. The summed E-state index contributed by atoms with van der Waals surface area (Å²) in [7, 11) is 0. The van der Waals surface area contributed by atoms with Crippen LogP contribution < -0.4 is 10.1 Å². The van der Waals surface area contributed by atoms with Crippen molar-refractivity contribution in [1.29, 1.82) is 0 Å². The number of carbonyl (C=O) groups is 1. The van der Waals surface area contributed by atoms with Crippen molar-refractivity contribution in [1.82, 2.24) is 15.1 Å². The summed E-state index contributed by atoms with van der Waals surface area (Å²) in [5.41, 5.74) is 3.36. The SMILES string of the molecule is Cc1cc(C)n(CCCNC(=O)[C@@H]2CCc3ccccc3O2)n1. The Labute approximate surface area is 136 Å². The van der Waals surface area contributed by atoms with Crippen molar-refractivity contribution >= 4 is 5.91 Å². The van der Waals surface area contributed by atoms with Crippen LogP contribution in [0.5, 0.6) is 5.75 Å². The molecule has 0 bridgehead atoms. The summed E-state index contributed by atoms with van der Waals surface area (Å²) in [4.78, 5) is 12.2. The summed E-state index contributed by atoms with van der Waals surface area (Å²) >= 11 is 0. The zero-order chi connectivity index (χ0) is 16.2. The Bertz CT molecular complexity index is 693. The molecule has 1 aromatic heterocycles. The number of rotatable bonds is 5. The third kappa shape index (κ3) is 3.73. The van der Waals surface area contributed by atoms with Crippen LogP contribution in [0.4, 0.5) is 0 Å². The summed E-state index contributed by atoms with van der Waals surface area (Å²) in [5, 5.41) is 7.40. The Morgan fingerprint density at radius 1 is 1.39 bits per heavy atom. The van der Waals surface area contributed by atoms with Crippen LogP contribution >= 0.6 is 0 Å². The van der Waals surface area contributed by atoms with Gasteiger partial charge in [0.15, 0.2) is 6.10 Å². The Kier molecular flexibility index (Phi) is 4.65. The van der Waals surface area contributed by atoms with Crippen molar-refractivity contribution in [3.05, 3.63) is 47.3 Å². The van der Waals surface area contributed by atoms with E-state index in [-0.39, 0.29) is 12.0 Å². The number of carbonyl (C=O) groups excluding carboxylic acids is 1. The second kappa shape index (κ2) is 6.86. The van der Waals surface area contributed by atoms with E-state index >= 15 is 0 Å². The van der Waals surface area contributed by atoms with Crippen LogP contribution in [0.25, 0.3) is 0 Å². The number of amides is 1. The minimum absolute atomic E-state index is 0.0205. The number of aromatic nitrogens is 2. The molecule has 1 aliphatic rings. The first-order valence-electron chi connectivity index (χ1n) is 8.17. The average Bonchev–Trinajstić information content (AvgIpc) is 2.88. The molecule has 1 amide bonds. The van der Waals surface area contributed by atoms with Gasteiger partial charge in [0.05, 0.1) is 5.69 Å². The maximum absolute atomic E-state index is 12.2. The molecule has 1 atom stereocenters. The first kappa shape index (κ1) is 15.6. The van der Waals surface area contributed by atoms with Gasteiger partial charge in [0.25, 0.3) is 5.91 Å². The largest absolute Gasteiger partial charge is 0.480 e. The molecule has 5 nitrogen and oxygen atoms in total. The normalized spacial score (nSPS) is 16.5. The molecule has 0 fully saturated rings. The summed E-state index contributed by atoms with van der Waals surface area (Å²) < 4.78 is 7.78. The maximum atomic E-state index is 12.2. The van der Waals surface area contributed by atoms with E-state index in [9.17, 15) is 4.79 Å². The molecule has 2 heterocycles.